The van der Waals surface area contributed by atoms with Gasteiger partial charge < -0.3 is 0 Å². The summed E-state index contributed by atoms with van der Waals surface area (Å²) in [7, 11) is 0. The molecule has 0 unspecified atom stereocenters. The summed E-state index contributed by atoms with van der Waals surface area (Å²) in [6.45, 7) is 9.32. The number of halogens is 4. The Morgan fingerprint density at radius 1 is 0.340 bits per heavy atom. The molecule has 0 spiro atoms. The number of benzene rings is 8. The van der Waals surface area contributed by atoms with Crippen molar-refractivity contribution in [1.82, 2.24) is 0 Å². The van der Waals surface area contributed by atoms with E-state index in [1.165, 1.54) is 87.6 Å². The van der Waals surface area contributed by atoms with E-state index in [9.17, 15) is 0 Å². The zero-order valence-electron chi connectivity index (χ0n) is 28.1. The molecule has 0 fully saturated rings. The van der Waals surface area contributed by atoms with Crippen molar-refractivity contribution in [2.75, 3.05) is 0 Å². The van der Waals surface area contributed by atoms with Gasteiger partial charge in [0.25, 0.3) is 0 Å². The second kappa shape index (κ2) is 11.6. The van der Waals surface area contributed by atoms with Crippen molar-refractivity contribution in [3.63, 3.8) is 0 Å². The van der Waals surface area contributed by atoms with Crippen LogP contribution in [-0.4, -0.2) is 0 Å². The lowest BCUT2D eigenvalue weighted by atomic mass is 9.82. The minimum atomic E-state index is 0.0146. The Hall–Kier alpha value is -3.28. The second-order valence-electron chi connectivity index (χ2n) is 14.7. The highest BCUT2D eigenvalue weighted by molar-refractivity contribution is 9.11. The first-order chi connectivity index (χ1) is 23.9. The van der Waals surface area contributed by atoms with Gasteiger partial charge in [0.2, 0.25) is 0 Å². The van der Waals surface area contributed by atoms with Crippen LogP contribution in [0.15, 0.2) is 139 Å². The minimum absolute atomic E-state index is 0.0146. The highest BCUT2D eigenvalue weighted by atomic mass is 79.9. The lowest BCUT2D eigenvalue weighted by Gasteiger charge is -2.22. The van der Waals surface area contributed by atoms with E-state index < -0.39 is 0 Å². The molecule has 4 heteroatoms. The molecule has 8 aromatic carbocycles. The minimum Gasteiger partial charge on any atom is -0.0619 e. The molecule has 0 atom stereocenters. The summed E-state index contributed by atoms with van der Waals surface area (Å²) in [4.78, 5) is 0. The normalized spacial score (nSPS) is 14.7. The molecule has 8 aromatic rings. The predicted molar refractivity (Wildman–Crippen MR) is 229 cm³/mol. The molecule has 2 aliphatic carbocycles. The Kier molecular flexibility index (Phi) is 7.58. The average Bonchev–Trinajstić information content (AvgIpc) is 3.47. The van der Waals surface area contributed by atoms with E-state index in [4.69, 9.17) is 0 Å². The van der Waals surface area contributed by atoms with E-state index in [1.54, 1.807) is 0 Å². The third kappa shape index (κ3) is 4.85. The highest BCUT2D eigenvalue weighted by Gasteiger charge is 2.36. The van der Waals surface area contributed by atoms with E-state index in [-0.39, 0.29) is 10.8 Å². The topological polar surface area (TPSA) is 0 Å². The molecule has 2 aliphatic rings. The van der Waals surface area contributed by atoms with Gasteiger partial charge in [-0.1, -0.05) is 120 Å². The Balaban J connectivity index is 0.000000135. The van der Waals surface area contributed by atoms with E-state index in [0.717, 1.165) is 17.9 Å². The summed E-state index contributed by atoms with van der Waals surface area (Å²) in [6.07, 6.45) is 0. The van der Waals surface area contributed by atoms with Gasteiger partial charge in [-0.15, -0.1) is 0 Å². The number of hydrogen-bond acceptors (Lipinski definition) is 0. The van der Waals surface area contributed by atoms with Gasteiger partial charge in [-0.2, -0.15) is 0 Å². The molecule has 0 nitrogen and oxygen atoms in total. The fourth-order valence-corrected chi connectivity index (χ4v) is 10.5. The molecule has 0 N–H and O–H groups in total. The van der Waals surface area contributed by atoms with Gasteiger partial charge in [0.05, 0.1) is 0 Å². The number of hydrogen-bond donors (Lipinski definition) is 0. The van der Waals surface area contributed by atoms with Gasteiger partial charge in [0.15, 0.2) is 0 Å². The maximum Gasteiger partial charge on any atom is 0.0333 e. The summed E-state index contributed by atoms with van der Waals surface area (Å²) in [6, 6.07) is 44.7. The van der Waals surface area contributed by atoms with E-state index in [2.05, 4.69) is 213 Å². The van der Waals surface area contributed by atoms with Gasteiger partial charge in [-0.25, -0.2) is 0 Å². The number of fused-ring (bicyclic) bond motifs is 10. The SMILES string of the molecule is CC1(C)c2ccccc2-c2cc3c(Br)c4cc(Br)ccc4c(Br)c3cc21.CC1(C)c2ccccc2-c2cc3cc4cc(Br)ccc4cc3cc21. The van der Waals surface area contributed by atoms with Gasteiger partial charge in [-0.05, 0) is 180 Å². The van der Waals surface area contributed by atoms with Crippen molar-refractivity contribution in [3.05, 3.63) is 161 Å². The van der Waals surface area contributed by atoms with Crippen LogP contribution < -0.4 is 0 Å². The van der Waals surface area contributed by atoms with Crippen LogP contribution >= 0.6 is 63.7 Å². The first-order valence-electron chi connectivity index (χ1n) is 16.9. The van der Waals surface area contributed by atoms with E-state index in [1.807, 2.05) is 0 Å². The quantitative estimate of drug-likeness (QED) is 0.133. The summed E-state index contributed by atoms with van der Waals surface area (Å²) in [5.41, 5.74) is 11.2. The highest BCUT2D eigenvalue weighted by Crippen LogP contribution is 2.53. The monoisotopic (exact) mass is 900 g/mol. The van der Waals surface area contributed by atoms with Crippen LogP contribution in [0.2, 0.25) is 0 Å². The van der Waals surface area contributed by atoms with Gasteiger partial charge in [0.1, 0.15) is 0 Å². The van der Waals surface area contributed by atoms with Crippen LogP contribution in [0.4, 0.5) is 0 Å². The lowest BCUT2D eigenvalue weighted by Crippen LogP contribution is -2.14. The fourth-order valence-electron chi connectivity index (χ4n) is 8.46. The molecular weight excluding hydrogens is 872 g/mol. The molecule has 0 aliphatic heterocycles. The van der Waals surface area contributed by atoms with Crippen LogP contribution in [0.3, 0.4) is 0 Å². The molecule has 244 valence electrons. The molecule has 0 saturated carbocycles. The first-order valence-corrected chi connectivity index (χ1v) is 20.0. The Labute approximate surface area is 326 Å². The summed E-state index contributed by atoms with van der Waals surface area (Å²) >= 11 is 15.0. The predicted octanol–water partition coefficient (Wildman–Crippen LogP) is 15.6. The summed E-state index contributed by atoms with van der Waals surface area (Å²) < 4.78 is 4.52. The molecule has 0 aromatic heterocycles. The smallest absolute Gasteiger partial charge is 0.0333 e. The lowest BCUT2D eigenvalue weighted by molar-refractivity contribution is 0.661. The molecule has 10 rings (SSSR count). The Bertz CT molecular complexity index is 2750. The van der Waals surface area contributed by atoms with E-state index >= 15 is 0 Å². The molecule has 0 heterocycles. The van der Waals surface area contributed by atoms with Crippen molar-refractivity contribution >= 4 is 107 Å². The van der Waals surface area contributed by atoms with Crippen molar-refractivity contribution in [1.29, 1.82) is 0 Å². The van der Waals surface area contributed by atoms with Gasteiger partial charge in [0, 0.05) is 28.7 Å². The molecule has 0 saturated heterocycles. The van der Waals surface area contributed by atoms with Crippen molar-refractivity contribution in [3.8, 4) is 22.3 Å². The molecule has 0 amide bonds. The van der Waals surface area contributed by atoms with Gasteiger partial charge >= 0.3 is 0 Å². The van der Waals surface area contributed by atoms with Crippen molar-refractivity contribution in [2.45, 2.75) is 38.5 Å². The Morgan fingerprint density at radius 3 is 1.52 bits per heavy atom. The molecule has 50 heavy (non-hydrogen) atoms. The fraction of sp³-hybridized carbons (Fsp3) is 0.130. The third-order valence-electron chi connectivity index (χ3n) is 11.1. The Morgan fingerprint density at radius 2 is 0.820 bits per heavy atom. The standard InChI is InChI=1S/C23H15Br3.C23H17Br/c1-23(2)19-6-4-3-5-13(19)15-10-17-18(11-20(15)23)21(25)14-8-7-12(24)9-16(14)22(17)26;1-23(2)21-6-4-3-5-19(21)20-12-16-10-15-11-18(24)8-7-14(15)9-17(16)13-22(20)23/h3-11H,1-2H3;3-13H,1-2H3. The summed E-state index contributed by atoms with van der Waals surface area (Å²) in [5, 5.41) is 10.1. The van der Waals surface area contributed by atoms with Crippen LogP contribution in [0.1, 0.15) is 49.9 Å². The first kappa shape index (κ1) is 32.6. The van der Waals surface area contributed by atoms with E-state index in [0.29, 0.717) is 0 Å². The van der Waals surface area contributed by atoms with Crippen molar-refractivity contribution < 1.29 is 0 Å². The number of rotatable bonds is 0. The van der Waals surface area contributed by atoms with Crippen LogP contribution in [0.5, 0.6) is 0 Å². The van der Waals surface area contributed by atoms with Gasteiger partial charge in [-0.3, -0.25) is 0 Å². The molecule has 0 bridgehead atoms. The second-order valence-corrected chi connectivity index (χ2v) is 18.1. The maximum atomic E-state index is 3.89. The van der Waals surface area contributed by atoms with Crippen LogP contribution in [0.25, 0.3) is 65.3 Å². The molecular formula is C46H32Br4. The summed E-state index contributed by atoms with van der Waals surface area (Å²) in [5.74, 6) is 0. The zero-order chi connectivity index (χ0) is 34.7. The zero-order valence-corrected chi connectivity index (χ0v) is 34.4. The van der Waals surface area contributed by atoms with Crippen molar-refractivity contribution in [2.24, 2.45) is 0 Å². The average molecular weight is 904 g/mol. The van der Waals surface area contributed by atoms with Crippen LogP contribution in [-0.2, 0) is 10.8 Å². The largest absolute Gasteiger partial charge is 0.0619 e. The third-order valence-corrected chi connectivity index (χ3v) is 13.8. The van der Waals surface area contributed by atoms with Crippen LogP contribution in [0, 0.1) is 0 Å². The maximum absolute atomic E-state index is 3.89. The molecule has 0 radical (unpaired) electrons.